The van der Waals surface area contributed by atoms with Crippen LogP contribution >= 0.6 is 0 Å². The van der Waals surface area contributed by atoms with E-state index in [9.17, 15) is 5.11 Å². The molecule has 8 rings (SSSR count). The molecule has 0 aromatic heterocycles. The van der Waals surface area contributed by atoms with E-state index in [-0.39, 0.29) is 61.0 Å². The molecule has 1 N–H and O–H groups in total. The molecule has 0 saturated carbocycles. The Morgan fingerprint density at radius 2 is 1.83 bits per heavy atom. The van der Waals surface area contributed by atoms with E-state index in [1.165, 1.54) is 0 Å². The van der Waals surface area contributed by atoms with Gasteiger partial charge in [0.1, 0.15) is 30.0 Å². The van der Waals surface area contributed by atoms with Crippen LogP contribution in [0.25, 0.3) is 0 Å². The molecule has 5 saturated heterocycles. The third-order valence-electron chi connectivity index (χ3n) is 13.6. The largest absolute Gasteiger partial charge is 0.386 e. The number of epoxide rings is 1. The lowest BCUT2D eigenvalue weighted by atomic mass is 9.75. The van der Waals surface area contributed by atoms with Crippen molar-refractivity contribution in [1.82, 2.24) is 0 Å². The average molecular weight is 753 g/mol. The minimum Gasteiger partial charge on any atom is -0.386 e. The molecule has 4 bridgehead atoms. The van der Waals surface area contributed by atoms with Crippen LogP contribution < -0.4 is 0 Å². The number of aliphatic hydroxyl groups excluding tert-OH is 1. The van der Waals surface area contributed by atoms with Gasteiger partial charge in [0, 0.05) is 38.7 Å². The number of hydrogen-bond donors (Lipinski definition) is 1. The van der Waals surface area contributed by atoms with Crippen molar-refractivity contribution in [3.8, 4) is 0 Å². The van der Waals surface area contributed by atoms with E-state index in [1.807, 2.05) is 6.92 Å². The summed E-state index contributed by atoms with van der Waals surface area (Å²) in [6.07, 6.45) is 16.6. The maximum Gasteiger partial charge on any atom is 0.187 e. The van der Waals surface area contributed by atoms with Gasteiger partial charge in [-0.25, -0.2) is 0 Å². The quantitative estimate of drug-likeness (QED) is 0.233. The molecule has 10 heteroatoms. The molecule has 5 fully saturated rings. The Bertz CT molecular complexity index is 1530. The second-order valence-electron chi connectivity index (χ2n) is 17.7. The third-order valence-corrected chi connectivity index (χ3v) is 13.6. The Labute approximate surface area is 322 Å². The van der Waals surface area contributed by atoms with Crippen LogP contribution in [-0.2, 0) is 42.6 Å². The Morgan fingerprint density at radius 3 is 2.63 bits per heavy atom. The summed E-state index contributed by atoms with van der Waals surface area (Å²) in [4.78, 5) is 0. The first kappa shape index (κ1) is 39.1. The fourth-order valence-corrected chi connectivity index (χ4v) is 10.3. The van der Waals surface area contributed by atoms with Gasteiger partial charge in [-0.05, 0) is 80.2 Å². The second kappa shape index (κ2) is 15.6. The molecule has 5 unspecified atom stereocenters. The van der Waals surface area contributed by atoms with Crippen molar-refractivity contribution in [2.45, 2.75) is 185 Å². The normalized spacial score (nSPS) is 50.9. The Morgan fingerprint density at radius 1 is 1.00 bits per heavy atom. The van der Waals surface area contributed by atoms with Gasteiger partial charge in [0.05, 0.1) is 43.2 Å². The molecule has 300 valence electrons. The summed E-state index contributed by atoms with van der Waals surface area (Å²) in [6, 6.07) is 0. The van der Waals surface area contributed by atoms with Crippen LogP contribution in [0, 0.1) is 17.8 Å². The molecule has 0 aromatic carbocycles. The topological polar surface area (TPSA) is 107 Å². The van der Waals surface area contributed by atoms with E-state index in [0.29, 0.717) is 37.7 Å². The number of fused-ring (bicyclic) bond motifs is 5. The monoisotopic (exact) mass is 752 g/mol. The van der Waals surface area contributed by atoms with Gasteiger partial charge in [-0.3, -0.25) is 0 Å². The van der Waals surface area contributed by atoms with Gasteiger partial charge in [0.2, 0.25) is 0 Å². The molecule has 7 heterocycles. The van der Waals surface area contributed by atoms with Gasteiger partial charge in [-0.2, -0.15) is 0 Å². The minimum atomic E-state index is -0.891. The van der Waals surface area contributed by atoms with Crippen molar-refractivity contribution in [2.75, 3.05) is 13.7 Å². The smallest absolute Gasteiger partial charge is 0.187 e. The van der Waals surface area contributed by atoms with Crippen LogP contribution in [0.2, 0.25) is 0 Å². The fraction of sp³-hybridized carbons (Fsp3) is 0.773. The third kappa shape index (κ3) is 7.43. The molecule has 2 spiro atoms. The van der Waals surface area contributed by atoms with Crippen LogP contribution in [0.4, 0.5) is 0 Å². The Balaban J connectivity index is 1.13. The molecule has 0 radical (unpaired) electrons. The highest BCUT2D eigenvalue weighted by atomic mass is 16.8. The van der Waals surface area contributed by atoms with Crippen molar-refractivity contribution in [3.63, 3.8) is 0 Å². The number of rotatable bonds is 5. The lowest BCUT2D eigenvalue weighted by Crippen LogP contribution is -2.55. The molecule has 17 atom stereocenters. The molecule has 7 aliphatic heterocycles. The van der Waals surface area contributed by atoms with Crippen molar-refractivity contribution in [1.29, 1.82) is 0 Å². The lowest BCUT2D eigenvalue weighted by molar-refractivity contribution is -0.344. The average Bonchev–Trinajstić information content (AvgIpc) is 3.66. The molecule has 8 aliphatic rings. The summed E-state index contributed by atoms with van der Waals surface area (Å²) in [7, 11) is 1.77. The number of ether oxygens (including phenoxy) is 9. The molecule has 10 nitrogen and oxygen atoms in total. The molecular weight excluding hydrogens is 688 g/mol. The van der Waals surface area contributed by atoms with Gasteiger partial charge in [0.15, 0.2) is 18.4 Å². The lowest BCUT2D eigenvalue weighted by Gasteiger charge is -2.51. The second-order valence-corrected chi connectivity index (χ2v) is 17.7. The number of hydrogen-bond acceptors (Lipinski definition) is 10. The van der Waals surface area contributed by atoms with Crippen LogP contribution in [-0.4, -0.2) is 104 Å². The Kier molecular flexibility index (Phi) is 11.3. The zero-order valence-electron chi connectivity index (χ0n) is 33.6. The summed E-state index contributed by atoms with van der Waals surface area (Å²) >= 11 is 0. The van der Waals surface area contributed by atoms with E-state index >= 15 is 0 Å². The predicted molar refractivity (Wildman–Crippen MR) is 202 cm³/mol. The van der Waals surface area contributed by atoms with Gasteiger partial charge in [-0.15, -0.1) is 0 Å². The van der Waals surface area contributed by atoms with Crippen molar-refractivity contribution < 1.29 is 47.7 Å². The highest BCUT2D eigenvalue weighted by Gasteiger charge is 2.63. The molecule has 0 aromatic rings. The zero-order chi connectivity index (χ0) is 37.9. The summed E-state index contributed by atoms with van der Waals surface area (Å²) in [5, 5.41) is 11.3. The minimum absolute atomic E-state index is 0.00977. The van der Waals surface area contributed by atoms with Crippen LogP contribution in [0.15, 0.2) is 58.7 Å². The maximum atomic E-state index is 11.3. The van der Waals surface area contributed by atoms with Crippen molar-refractivity contribution in [2.24, 2.45) is 17.8 Å². The van der Waals surface area contributed by atoms with Crippen LogP contribution in [0.5, 0.6) is 0 Å². The fourth-order valence-electron chi connectivity index (χ4n) is 10.3. The van der Waals surface area contributed by atoms with E-state index in [2.05, 4.69) is 78.0 Å². The van der Waals surface area contributed by atoms with E-state index in [0.717, 1.165) is 54.4 Å². The SMILES string of the molecule is CC[C@H](C)C1O[C@]2(CC[C@@H]1C)C[C@@H]1C[C@@H](C/C=C(\C)[C@@H](O[C@H]3C[C@H](OC)C[C@H](C)O3)[C@@H](C)/C=C/C=C3\CO[C@@H]4[C@H](O)C(C)=CC5=CC(OC534)C3OC3O1)O2. The van der Waals surface area contributed by atoms with Gasteiger partial charge in [0.25, 0.3) is 0 Å². The zero-order valence-corrected chi connectivity index (χ0v) is 33.6. The molecule has 54 heavy (non-hydrogen) atoms. The van der Waals surface area contributed by atoms with E-state index in [4.69, 9.17) is 42.6 Å². The number of methoxy groups -OCH3 is 1. The van der Waals surface area contributed by atoms with E-state index < -0.39 is 29.9 Å². The van der Waals surface area contributed by atoms with Gasteiger partial charge >= 0.3 is 0 Å². The number of allylic oxidation sites excluding steroid dienone is 2. The maximum absolute atomic E-state index is 11.3. The van der Waals surface area contributed by atoms with E-state index in [1.54, 1.807) is 7.11 Å². The molecule has 1 aliphatic carbocycles. The summed E-state index contributed by atoms with van der Waals surface area (Å²) in [6.45, 7) is 15.6. The van der Waals surface area contributed by atoms with Gasteiger partial charge in [-0.1, -0.05) is 64.5 Å². The standard InChI is InChI=1S/C44H64O10/c1-9-24(2)39-27(5)15-16-43(54-39)22-34-20-32(52-43)14-13-26(4)38(50-36-21-33(46-8)18-29(7)48-36)25(3)11-10-12-30-23-47-41-37(45)28(6)17-31-19-35(53-44(30,31)41)40-42(49-34)51-40/h10-13,17,19,24-25,27,29,32-42,45H,9,14-16,18,20-23H2,1-8H3/b11-10+,26-13+,30-12+/t24-,25-,27-,29-,32+,33+,34-,35?,36-,37+,38-,39?,40?,41+,42?,43+,44?/m0/s1. The van der Waals surface area contributed by atoms with Crippen LogP contribution in [0.1, 0.15) is 99.8 Å². The van der Waals surface area contributed by atoms with Crippen molar-refractivity contribution >= 4 is 0 Å². The first-order valence-corrected chi connectivity index (χ1v) is 20.8. The summed E-state index contributed by atoms with van der Waals surface area (Å²) < 4.78 is 59.5. The van der Waals surface area contributed by atoms with Crippen LogP contribution in [0.3, 0.4) is 0 Å². The van der Waals surface area contributed by atoms with Crippen molar-refractivity contribution in [3.05, 3.63) is 58.7 Å². The first-order chi connectivity index (χ1) is 25.9. The number of aliphatic hydroxyl groups is 1. The first-order valence-electron chi connectivity index (χ1n) is 20.8. The summed E-state index contributed by atoms with van der Waals surface area (Å²) in [5.74, 6) is 0.201. The highest BCUT2D eigenvalue weighted by Crippen LogP contribution is 2.53. The molecule has 0 amide bonds. The Hall–Kier alpha value is -1.70. The highest BCUT2D eigenvalue weighted by molar-refractivity contribution is 5.54. The van der Waals surface area contributed by atoms with Gasteiger partial charge < -0.3 is 47.7 Å². The predicted octanol–water partition coefficient (Wildman–Crippen LogP) is 7.01. The summed E-state index contributed by atoms with van der Waals surface area (Å²) in [5.41, 5.74) is 3.10. The molecular formula is C44H64O10.